The van der Waals surface area contributed by atoms with Gasteiger partial charge in [-0.05, 0) is 56.5 Å². The van der Waals surface area contributed by atoms with Crippen molar-refractivity contribution in [2.24, 2.45) is 5.92 Å². The standard InChI is InChI=1S/C16H21F3N2O/c1-11-6-12(2)8-14(7-11)20-15(22)10-21-5-3-4-13(9-21)16(17,18)19/h6-8,13H,3-5,9-10H2,1-2H3,(H,20,22)/t13-/m0/s1. The number of carbonyl (C=O) groups excluding carboxylic acids is 1. The van der Waals surface area contributed by atoms with Gasteiger partial charge in [-0.3, -0.25) is 9.69 Å². The highest BCUT2D eigenvalue weighted by atomic mass is 19.4. The second-order valence-corrected chi connectivity index (χ2v) is 6.04. The molecule has 3 nitrogen and oxygen atoms in total. The molecule has 1 amide bonds. The Morgan fingerprint density at radius 3 is 2.50 bits per heavy atom. The Hall–Kier alpha value is -1.56. The van der Waals surface area contributed by atoms with Gasteiger partial charge >= 0.3 is 6.18 Å². The molecule has 0 aliphatic carbocycles. The third-order valence-electron chi connectivity index (χ3n) is 3.84. The summed E-state index contributed by atoms with van der Waals surface area (Å²) in [5.41, 5.74) is 2.75. The average molecular weight is 314 g/mol. The molecule has 6 heteroatoms. The summed E-state index contributed by atoms with van der Waals surface area (Å²) in [6.45, 7) is 4.30. The number of carbonyl (C=O) groups is 1. The molecule has 2 rings (SSSR count). The Kier molecular flexibility index (Phi) is 5.11. The largest absolute Gasteiger partial charge is 0.393 e. The zero-order valence-electron chi connectivity index (χ0n) is 12.8. The number of hydrogen-bond donors (Lipinski definition) is 1. The van der Waals surface area contributed by atoms with Gasteiger partial charge in [0.1, 0.15) is 0 Å². The van der Waals surface area contributed by atoms with Crippen LogP contribution in [0.25, 0.3) is 0 Å². The minimum Gasteiger partial charge on any atom is -0.325 e. The Morgan fingerprint density at radius 1 is 1.27 bits per heavy atom. The summed E-state index contributed by atoms with van der Waals surface area (Å²) in [4.78, 5) is 13.6. The van der Waals surface area contributed by atoms with Crippen LogP contribution in [0.4, 0.5) is 18.9 Å². The Morgan fingerprint density at radius 2 is 1.91 bits per heavy atom. The van der Waals surface area contributed by atoms with Crippen LogP contribution in [-0.2, 0) is 4.79 Å². The predicted octanol–water partition coefficient (Wildman–Crippen LogP) is 3.52. The molecule has 1 aliphatic rings. The summed E-state index contributed by atoms with van der Waals surface area (Å²) in [5.74, 6) is -1.59. The van der Waals surface area contributed by atoms with Crippen LogP contribution in [0.3, 0.4) is 0 Å². The maximum Gasteiger partial charge on any atom is 0.393 e. The van der Waals surface area contributed by atoms with Crippen LogP contribution in [-0.4, -0.2) is 36.6 Å². The number of alkyl halides is 3. The number of rotatable bonds is 3. The lowest BCUT2D eigenvalue weighted by molar-refractivity contribution is -0.186. The highest BCUT2D eigenvalue weighted by Gasteiger charge is 2.41. The number of hydrogen-bond acceptors (Lipinski definition) is 2. The zero-order valence-corrected chi connectivity index (χ0v) is 12.8. The first-order valence-electron chi connectivity index (χ1n) is 7.41. The third-order valence-corrected chi connectivity index (χ3v) is 3.84. The number of piperidine rings is 1. The van der Waals surface area contributed by atoms with E-state index in [1.54, 1.807) is 4.90 Å². The fourth-order valence-corrected chi connectivity index (χ4v) is 2.92. The summed E-state index contributed by atoms with van der Waals surface area (Å²) < 4.78 is 38.3. The Bertz CT molecular complexity index is 522. The number of benzene rings is 1. The second kappa shape index (κ2) is 6.69. The van der Waals surface area contributed by atoms with Crippen LogP contribution >= 0.6 is 0 Å². The fourth-order valence-electron chi connectivity index (χ4n) is 2.92. The summed E-state index contributed by atoms with van der Waals surface area (Å²) >= 11 is 0. The first-order valence-corrected chi connectivity index (χ1v) is 7.41. The van der Waals surface area contributed by atoms with Gasteiger partial charge in [-0.15, -0.1) is 0 Å². The number of nitrogens with zero attached hydrogens (tertiary/aromatic N) is 1. The molecule has 1 saturated heterocycles. The number of aryl methyl sites for hydroxylation is 2. The summed E-state index contributed by atoms with van der Waals surface area (Å²) in [6.07, 6.45) is -3.55. The van der Waals surface area contributed by atoms with Crippen molar-refractivity contribution in [3.05, 3.63) is 29.3 Å². The molecule has 1 fully saturated rings. The lowest BCUT2D eigenvalue weighted by Gasteiger charge is -2.33. The Labute approximate surface area is 128 Å². The molecule has 1 atom stereocenters. The number of halogens is 3. The van der Waals surface area contributed by atoms with Crippen LogP contribution < -0.4 is 5.32 Å². The molecule has 1 heterocycles. The molecule has 0 radical (unpaired) electrons. The average Bonchev–Trinajstić information content (AvgIpc) is 2.36. The highest BCUT2D eigenvalue weighted by molar-refractivity contribution is 5.92. The lowest BCUT2D eigenvalue weighted by atomic mass is 9.97. The van der Waals surface area contributed by atoms with E-state index in [9.17, 15) is 18.0 Å². The van der Waals surface area contributed by atoms with E-state index in [1.165, 1.54) is 0 Å². The van der Waals surface area contributed by atoms with Gasteiger partial charge in [-0.2, -0.15) is 13.2 Å². The number of anilines is 1. The molecule has 0 saturated carbocycles. The highest BCUT2D eigenvalue weighted by Crippen LogP contribution is 2.32. The maximum atomic E-state index is 12.8. The van der Waals surface area contributed by atoms with E-state index in [0.717, 1.165) is 11.1 Å². The molecule has 1 aromatic rings. The molecule has 0 unspecified atom stereocenters. The maximum absolute atomic E-state index is 12.8. The molecule has 122 valence electrons. The predicted molar refractivity (Wildman–Crippen MR) is 79.8 cm³/mol. The lowest BCUT2D eigenvalue weighted by Crippen LogP contribution is -2.44. The fraction of sp³-hybridized carbons (Fsp3) is 0.562. The molecular weight excluding hydrogens is 293 g/mol. The quantitative estimate of drug-likeness (QED) is 0.926. The van der Waals surface area contributed by atoms with E-state index in [4.69, 9.17) is 0 Å². The van der Waals surface area contributed by atoms with Gasteiger partial charge in [0.25, 0.3) is 0 Å². The van der Waals surface area contributed by atoms with Crippen LogP contribution in [0.5, 0.6) is 0 Å². The van der Waals surface area contributed by atoms with Crippen LogP contribution in [0.1, 0.15) is 24.0 Å². The van der Waals surface area contributed by atoms with Crippen molar-refractivity contribution in [2.45, 2.75) is 32.9 Å². The van der Waals surface area contributed by atoms with Crippen LogP contribution in [0.2, 0.25) is 0 Å². The van der Waals surface area contributed by atoms with Gasteiger partial charge in [0, 0.05) is 12.2 Å². The van der Waals surface area contributed by atoms with Gasteiger partial charge in [-0.25, -0.2) is 0 Å². The van der Waals surface area contributed by atoms with E-state index in [-0.39, 0.29) is 25.4 Å². The molecular formula is C16H21F3N2O. The van der Waals surface area contributed by atoms with Crippen molar-refractivity contribution in [1.82, 2.24) is 4.90 Å². The van der Waals surface area contributed by atoms with E-state index < -0.39 is 12.1 Å². The second-order valence-electron chi connectivity index (χ2n) is 6.04. The van der Waals surface area contributed by atoms with E-state index in [2.05, 4.69) is 5.32 Å². The van der Waals surface area contributed by atoms with Crippen molar-refractivity contribution < 1.29 is 18.0 Å². The van der Waals surface area contributed by atoms with Crippen molar-refractivity contribution in [3.63, 3.8) is 0 Å². The van der Waals surface area contributed by atoms with Gasteiger partial charge in [-0.1, -0.05) is 6.07 Å². The molecule has 0 bridgehead atoms. The van der Waals surface area contributed by atoms with Gasteiger partial charge < -0.3 is 5.32 Å². The molecule has 1 aliphatic heterocycles. The number of likely N-dealkylation sites (tertiary alicyclic amines) is 1. The van der Waals surface area contributed by atoms with E-state index >= 15 is 0 Å². The van der Waals surface area contributed by atoms with Gasteiger partial charge in [0.15, 0.2) is 0 Å². The summed E-state index contributed by atoms with van der Waals surface area (Å²) in [5, 5.41) is 2.76. The summed E-state index contributed by atoms with van der Waals surface area (Å²) in [6, 6.07) is 5.69. The molecule has 0 spiro atoms. The van der Waals surface area contributed by atoms with Crippen molar-refractivity contribution in [1.29, 1.82) is 0 Å². The minimum atomic E-state index is -4.18. The van der Waals surface area contributed by atoms with Gasteiger partial charge in [0.05, 0.1) is 12.5 Å². The van der Waals surface area contributed by atoms with Crippen molar-refractivity contribution in [2.75, 3.05) is 25.0 Å². The first kappa shape index (κ1) is 16.8. The Balaban J connectivity index is 1.91. The molecule has 1 aromatic carbocycles. The number of nitrogens with one attached hydrogen (secondary N) is 1. The minimum absolute atomic E-state index is 0.000427. The number of amides is 1. The van der Waals surface area contributed by atoms with Gasteiger partial charge in [0.2, 0.25) is 5.91 Å². The summed E-state index contributed by atoms with van der Waals surface area (Å²) in [7, 11) is 0. The first-order chi connectivity index (χ1) is 10.2. The molecule has 22 heavy (non-hydrogen) atoms. The van der Waals surface area contributed by atoms with E-state index in [1.807, 2.05) is 32.0 Å². The third kappa shape index (κ3) is 4.73. The smallest absolute Gasteiger partial charge is 0.325 e. The topological polar surface area (TPSA) is 32.3 Å². The molecule has 1 N–H and O–H groups in total. The van der Waals surface area contributed by atoms with Crippen molar-refractivity contribution >= 4 is 11.6 Å². The monoisotopic (exact) mass is 314 g/mol. The van der Waals surface area contributed by atoms with Crippen molar-refractivity contribution in [3.8, 4) is 0 Å². The molecule has 0 aromatic heterocycles. The van der Waals surface area contributed by atoms with E-state index in [0.29, 0.717) is 18.7 Å². The van der Waals surface area contributed by atoms with Crippen LogP contribution in [0, 0.1) is 19.8 Å². The van der Waals surface area contributed by atoms with Crippen LogP contribution in [0.15, 0.2) is 18.2 Å². The zero-order chi connectivity index (χ0) is 16.3. The SMILES string of the molecule is Cc1cc(C)cc(NC(=O)CN2CCC[C@H](C(F)(F)F)C2)c1. The normalized spacial score (nSPS) is 20.0.